The number of nitrogens with zero attached hydrogens (tertiary/aromatic N) is 2. The van der Waals surface area contributed by atoms with Gasteiger partial charge in [-0.15, -0.1) is 11.3 Å². The van der Waals surface area contributed by atoms with E-state index in [0.29, 0.717) is 5.13 Å². The van der Waals surface area contributed by atoms with E-state index in [1.54, 1.807) is 18.4 Å². The highest BCUT2D eigenvalue weighted by Crippen LogP contribution is 2.23. The third-order valence-electron chi connectivity index (χ3n) is 3.53. The Kier molecular flexibility index (Phi) is 5.41. The zero-order chi connectivity index (χ0) is 12.8. The van der Waals surface area contributed by atoms with E-state index in [-0.39, 0.29) is 0 Å². The molecule has 2 N–H and O–H groups in total. The van der Waals surface area contributed by atoms with Gasteiger partial charge in [0.1, 0.15) is 0 Å². The highest BCUT2D eigenvalue weighted by atomic mass is 32.1. The Morgan fingerprint density at radius 2 is 2.44 bits per heavy atom. The van der Waals surface area contributed by atoms with Crippen molar-refractivity contribution in [3.63, 3.8) is 0 Å². The molecule has 1 aromatic heterocycles. The molecule has 1 aliphatic rings. The summed E-state index contributed by atoms with van der Waals surface area (Å²) in [6, 6.07) is 0. The molecule has 0 amide bonds. The Hall–Kier alpha value is -0.650. The minimum Gasteiger partial charge on any atom is -0.385 e. The van der Waals surface area contributed by atoms with Crippen molar-refractivity contribution in [2.24, 2.45) is 5.92 Å². The van der Waals surface area contributed by atoms with E-state index in [0.717, 1.165) is 19.1 Å². The normalized spacial score (nSPS) is 21.9. The molecule has 1 unspecified atom stereocenters. The molecule has 1 atom stereocenters. The average molecular weight is 269 g/mol. The molecule has 5 heteroatoms. The van der Waals surface area contributed by atoms with Gasteiger partial charge in [0.15, 0.2) is 5.13 Å². The summed E-state index contributed by atoms with van der Waals surface area (Å²) in [6.07, 6.45) is 7.07. The van der Waals surface area contributed by atoms with Gasteiger partial charge in [-0.1, -0.05) is 6.42 Å². The van der Waals surface area contributed by atoms with E-state index in [9.17, 15) is 0 Å². The highest BCUT2D eigenvalue weighted by molar-refractivity contribution is 7.15. The first-order valence-corrected chi connectivity index (χ1v) is 7.51. The fourth-order valence-corrected chi connectivity index (χ4v) is 3.32. The molecular formula is C13H23N3OS. The smallest absolute Gasteiger partial charge is 0.180 e. The Labute approximate surface area is 113 Å². The minimum atomic E-state index is 0.677. The summed E-state index contributed by atoms with van der Waals surface area (Å²) in [5, 5.41) is 0.677. The van der Waals surface area contributed by atoms with Crippen LogP contribution < -0.4 is 5.73 Å². The van der Waals surface area contributed by atoms with Gasteiger partial charge in [0.05, 0.1) is 0 Å². The van der Waals surface area contributed by atoms with Crippen LogP contribution in [-0.4, -0.2) is 36.7 Å². The number of hydrogen-bond donors (Lipinski definition) is 1. The first-order chi connectivity index (χ1) is 8.78. The SMILES string of the molecule is COCCC1CCCCN(Cc2cnc(N)s2)C1. The molecule has 2 heterocycles. The van der Waals surface area contributed by atoms with Gasteiger partial charge >= 0.3 is 0 Å². The number of methoxy groups -OCH3 is 1. The third kappa shape index (κ3) is 4.23. The summed E-state index contributed by atoms with van der Waals surface area (Å²) in [5.74, 6) is 0.776. The zero-order valence-electron chi connectivity index (χ0n) is 11.1. The highest BCUT2D eigenvalue weighted by Gasteiger charge is 2.18. The summed E-state index contributed by atoms with van der Waals surface area (Å²) in [5.41, 5.74) is 5.68. The Morgan fingerprint density at radius 1 is 1.56 bits per heavy atom. The molecule has 1 aliphatic heterocycles. The van der Waals surface area contributed by atoms with Crippen molar-refractivity contribution >= 4 is 16.5 Å². The van der Waals surface area contributed by atoms with Crippen LogP contribution in [0.5, 0.6) is 0 Å². The van der Waals surface area contributed by atoms with Gasteiger partial charge in [-0.25, -0.2) is 4.98 Å². The van der Waals surface area contributed by atoms with Crippen molar-refractivity contribution in [1.82, 2.24) is 9.88 Å². The number of likely N-dealkylation sites (tertiary alicyclic amines) is 1. The first kappa shape index (κ1) is 13.8. The fourth-order valence-electron chi connectivity index (χ4n) is 2.60. The van der Waals surface area contributed by atoms with Crippen molar-refractivity contribution in [2.45, 2.75) is 32.2 Å². The molecule has 0 spiro atoms. The number of ether oxygens (including phenoxy) is 1. The molecule has 1 fully saturated rings. The number of thiazole rings is 1. The lowest BCUT2D eigenvalue weighted by Crippen LogP contribution is -2.28. The molecule has 18 heavy (non-hydrogen) atoms. The molecule has 0 saturated carbocycles. The van der Waals surface area contributed by atoms with Gasteiger partial charge in [-0.05, 0) is 31.7 Å². The topological polar surface area (TPSA) is 51.4 Å². The molecule has 4 nitrogen and oxygen atoms in total. The molecule has 102 valence electrons. The molecule has 0 bridgehead atoms. The average Bonchev–Trinajstić information content (AvgIpc) is 2.63. The van der Waals surface area contributed by atoms with Gasteiger partial charge in [-0.3, -0.25) is 4.90 Å². The summed E-state index contributed by atoms with van der Waals surface area (Å²) in [4.78, 5) is 7.94. The largest absolute Gasteiger partial charge is 0.385 e. The van der Waals surface area contributed by atoms with Gasteiger partial charge in [0.2, 0.25) is 0 Å². The monoisotopic (exact) mass is 269 g/mol. The van der Waals surface area contributed by atoms with E-state index < -0.39 is 0 Å². The molecule has 2 rings (SSSR count). The summed E-state index contributed by atoms with van der Waals surface area (Å²) >= 11 is 1.61. The van der Waals surface area contributed by atoms with Gasteiger partial charge in [0, 0.05) is 37.9 Å². The van der Waals surface area contributed by atoms with Crippen LogP contribution >= 0.6 is 11.3 Å². The van der Waals surface area contributed by atoms with E-state index in [1.807, 2.05) is 6.20 Å². The fraction of sp³-hybridized carbons (Fsp3) is 0.769. The van der Waals surface area contributed by atoms with Crippen molar-refractivity contribution in [1.29, 1.82) is 0 Å². The predicted octanol–water partition coefficient (Wildman–Crippen LogP) is 2.36. The maximum absolute atomic E-state index is 5.68. The lowest BCUT2D eigenvalue weighted by atomic mass is 10.0. The lowest BCUT2D eigenvalue weighted by Gasteiger charge is -2.23. The van der Waals surface area contributed by atoms with Crippen LogP contribution in [0.3, 0.4) is 0 Å². The molecule has 0 aliphatic carbocycles. The van der Waals surface area contributed by atoms with E-state index >= 15 is 0 Å². The van der Waals surface area contributed by atoms with Gasteiger partial charge in [0.25, 0.3) is 0 Å². The molecule has 1 saturated heterocycles. The predicted molar refractivity (Wildman–Crippen MR) is 75.6 cm³/mol. The second-order valence-corrected chi connectivity index (χ2v) is 6.19. The van der Waals surface area contributed by atoms with E-state index in [1.165, 1.54) is 43.6 Å². The van der Waals surface area contributed by atoms with Crippen molar-refractivity contribution < 1.29 is 4.74 Å². The number of nitrogens with two attached hydrogens (primary N) is 1. The molecular weight excluding hydrogens is 246 g/mol. The molecule has 1 aromatic rings. The standard InChI is InChI=1S/C13H23N3OS/c1-17-7-5-11-4-2-3-6-16(9-11)10-12-8-15-13(14)18-12/h8,11H,2-7,9-10H2,1H3,(H2,14,15). The summed E-state index contributed by atoms with van der Waals surface area (Å²) in [7, 11) is 1.79. The van der Waals surface area contributed by atoms with Crippen LogP contribution in [0.2, 0.25) is 0 Å². The van der Waals surface area contributed by atoms with Crippen molar-refractivity contribution in [3.8, 4) is 0 Å². The zero-order valence-corrected chi connectivity index (χ0v) is 11.9. The van der Waals surface area contributed by atoms with Crippen molar-refractivity contribution in [3.05, 3.63) is 11.1 Å². The van der Waals surface area contributed by atoms with Crippen LogP contribution in [0.25, 0.3) is 0 Å². The maximum atomic E-state index is 5.68. The van der Waals surface area contributed by atoms with Crippen molar-refractivity contribution in [2.75, 3.05) is 32.5 Å². The Bertz CT molecular complexity index is 356. The van der Waals surface area contributed by atoms with Crippen LogP contribution in [0, 0.1) is 5.92 Å². The van der Waals surface area contributed by atoms with Crippen LogP contribution in [-0.2, 0) is 11.3 Å². The van der Waals surface area contributed by atoms with Crippen LogP contribution in [0.4, 0.5) is 5.13 Å². The number of rotatable bonds is 5. The number of anilines is 1. The van der Waals surface area contributed by atoms with Gasteiger partial charge < -0.3 is 10.5 Å². The molecule has 0 aromatic carbocycles. The minimum absolute atomic E-state index is 0.677. The Morgan fingerprint density at radius 3 is 3.17 bits per heavy atom. The van der Waals surface area contributed by atoms with Gasteiger partial charge in [-0.2, -0.15) is 0 Å². The second kappa shape index (κ2) is 7.07. The maximum Gasteiger partial charge on any atom is 0.180 e. The first-order valence-electron chi connectivity index (χ1n) is 6.69. The third-order valence-corrected chi connectivity index (χ3v) is 4.35. The quantitative estimate of drug-likeness (QED) is 0.891. The molecule has 0 radical (unpaired) electrons. The van der Waals surface area contributed by atoms with E-state index in [2.05, 4.69) is 9.88 Å². The Balaban J connectivity index is 1.86. The number of nitrogen functional groups attached to an aromatic ring is 1. The van der Waals surface area contributed by atoms with Crippen LogP contribution in [0.1, 0.15) is 30.6 Å². The number of hydrogen-bond acceptors (Lipinski definition) is 5. The van der Waals surface area contributed by atoms with Crippen LogP contribution in [0.15, 0.2) is 6.20 Å². The number of aromatic nitrogens is 1. The summed E-state index contributed by atoms with van der Waals surface area (Å²) in [6.45, 7) is 4.26. The van der Waals surface area contributed by atoms with E-state index in [4.69, 9.17) is 10.5 Å². The lowest BCUT2D eigenvalue weighted by molar-refractivity contribution is 0.159. The second-order valence-electron chi connectivity index (χ2n) is 5.04. The summed E-state index contributed by atoms with van der Waals surface area (Å²) < 4.78 is 5.20.